The van der Waals surface area contributed by atoms with Crippen molar-refractivity contribution < 1.29 is 23.4 Å². The molecular weight excluding hydrogens is 424 g/mol. The van der Waals surface area contributed by atoms with Gasteiger partial charge in [-0.25, -0.2) is 4.79 Å². The average Bonchev–Trinajstić information content (AvgIpc) is 2.77. The molecular formula is C25H28N2O6. The molecule has 1 aliphatic heterocycles. The van der Waals surface area contributed by atoms with Crippen LogP contribution in [0, 0.1) is 6.92 Å². The van der Waals surface area contributed by atoms with Crippen molar-refractivity contribution in [3.8, 4) is 5.75 Å². The number of carbonyl (C=O) groups is 1. The number of benzene rings is 2. The lowest BCUT2D eigenvalue weighted by Crippen LogP contribution is -2.49. The van der Waals surface area contributed by atoms with E-state index in [9.17, 15) is 9.59 Å². The van der Waals surface area contributed by atoms with Crippen molar-refractivity contribution in [2.75, 3.05) is 18.2 Å². The standard InChI is InChI=1S/C25H28N2O6/c1-14-19(31-21-12-11-20(30-4)25(2,3)33-21)10-7-16-13-18(24(29)32-22(14)16)27-23(28)15-5-8-17(26)9-6-15/h5-10,13,20-21H,11-12,26H2,1-4H3,(H,27,28). The molecule has 8 heteroatoms. The van der Waals surface area contributed by atoms with Gasteiger partial charge in [-0.2, -0.15) is 0 Å². The summed E-state index contributed by atoms with van der Waals surface area (Å²) in [4.78, 5) is 25.1. The molecule has 2 atom stereocenters. The number of methoxy groups -OCH3 is 1. The maximum atomic E-state index is 12.6. The Morgan fingerprint density at radius 1 is 1.15 bits per heavy atom. The second kappa shape index (κ2) is 8.88. The molecule has 0 saturated carbocycles. The van der Waals surface area contributed by atoms with Gasteiger partial charge >= 0.3 is 5.63 Å². The minimum Gasteiger partial charge on any atom is -0.465 e. The second-order valence-electron chi connectivity index (χ2n) is 8.70. The maximum Gasteiger partial charge on any atom is 0.360 e. The van der Waals surface area contributed by atoms with Crippen LogP contribution in [-0.2, 0) is 9.47 Å². The van der Waals surface area contributed by atoms with Crippen LogP contribution in [0.2, 0.25) is 0 Å². The van der Waals surface area contributed by atoms with Crippen LogP contribution in [0.1, 0.15) is 42.6 Å². The van der Waals surface area contributed by atoms with Crippen molar-refractivity contribution in [2.45, 2.75) is 51.6 Å². The Hall–Kier alpha value is -3.36. The second-order valence-corrected chi connectivity index (χ2v) is 8.70. The Kier molecular flexibility index (Phi) is 6.14. The van der Waals surface area contributed by atoms with Gasteiger partial charge in [0.05, 0.1) is 11.7 Å². The Morgan fingerprint density at radius 2 is 1.88 bits per heavy atom. The number of hydrogen-bond acceptors (Lipinski definition) is 7. The molecule has 0 radical (unpaired) electrons. The molecule has 2 aromatic carbocycles. The highest BCUT2D eigenvalue weighted by atomic mass is 16.7. The number of amides is 1. The minimum atomic E-state index is -0.649. The van der Waals surface area contributed by atoms with Crippen LogP contribution in [0.5, 0.6) is 5.75 Å². The van der Waals surface area contributed by atoms with Crippen molar-refractivity contribution >= 4 is 28.3 Å². The largest absolute Gasteiger partial charge is 0.465 e. The predicted octanol–water partition coefficient (Wildman–Crippen LogP) is 4.24. The van der Waals surface area contributed by atoms with E-state index in [0.717, 1.165) is 6.42 Å². The molecule has 8 nitrogen and oxygen atoms in total. The summed E-state index contributed by atoms with van der Waals surface area (Å²) >= 11 is 0. The first kappa shape index (κ1) is 22.8. The van der Waals surface area contributed by atoms with Gasteiger partial charge in [-0.1, -0.05) is 0 Å². The summed E-state index contributed by atoms with van der Waals surface area (Å²) in [6.07, 6.45) is 1.05. The van der Waals surface area contributed by atoms with Crippen LogP contribution in [0.3, 0.4) is 0 Å². The molecule has 0 spiro atoms. The van der Waals surface area contributed by atoms with Crippen LogP contribution < -0.4 is 21.4 Å². The molecule has 3 N–H and O–H groups in total. The fraction of sp³-hybridized carbons (Fsp3) is 0.360. The van der Waals surface area contributed by atoms with Gasteiger partial charge in [-0.05, 0) is 69.7 Å². The van der Waals surface area contributed by atoms with Gasteiger partial charge in [0.15, 0.2) is 0 Å². The third kappa shape index (κ3) is 4.72. The third-order valence-corrected chi connectivity index (χ3v) is 5.94. The van der Waals surface area contributed by atoms with Gasteiger partial charge in [0.25, 0.3) is 5.91 Å². The fourth-order valence-electron chi connectivity index (χ4n) is 4.08. The molecule has 1 saturated heterocycles. The zero-order chi connectivity index (χ0) is 23.8. The smallest absolute Gasteiger partial charge is 0.360 e. The summed E-state index contributed by atoms with van der Waals surface area (Å²) in [6.45, 7) is 5.77. The molecule has 3 aromatic rings. The van der Waals surface area contributed by atoms with Crippen molar-refractivity contribution in [1.82, 2.24) is 0 Å². The summed E-state index contributed by atoms with van der Waals surface area (Å²) in [7, 11) is 1.68. The number of hydrogen-bond donors (Lipinski definition) is 2. The van der Waals surface area contributed by atoms with Gasteiger partial charge < -0.3 is 29.7 Å². The highest BCUT2D eigenvalue weighted by molar-refractivity contribution is 6.05. The SMILES string of the molecule is COC1CCC(Oc2ccc3cc(NC(=O)c4ccc(N)cc4)c(=O)oc3c2C)OC1(C)C. The zero-order valence-electron chi connectivity index (χ0n) is 19.1. The van der Waals surface area contributed by atoms with E-state index in [1.54, 1.807) is 43.5 Å². The first-order chi connectivity index (χ1) is 15.7. The van der Waals surface area contributed by atoms with E-state index >= 15 is 0 Å². The van der Waals surface area contributed by atoms with E-state index in [0.29, 0.717) is 40.0 Å². The van der Waals surface area contributed by atoms with Crippen LogP contribution in [0.25, 0.3) is 11.0 Å². The number of anilines is 2. The first-order valence-electron chi connectivity index (χ1n) is 10.8. The Labute approximate surface area is 191 Å². The third-order valence-electron chi connectivity index (χ3n) is 5.94. The normalized spacial score (nSPS) is 19.9. The molecule has 0 bridgehead atoms. The Morgan fingerprint density at radius 3 is 2.55 bits per heavy atom. The van der Waals surface area contributed by atoms with Gasteiger partial charge in [-0.15, -0.1) is 0 Å². The van der Waals surface area contributed by atoms with E-state index in [2.05, 4.69) is 5.32 Å². The molecule has 1 amide bonds. The monoisotopic (exact) mass is 452 g/mol. The van der Waals surface area contributed by atoms with Crippen molar-refractivity contribution in [3.05, 3.63) is 64.0 Å². The number of nitrogens with one attached hydrogen (secondary N) is 1. The minimum absolute atomic E-state index is 0.00468. The van der Waals surface area contributed by atoms with Crippen molar-refractivity contribution in [1.29, 1.82) is 0 Å². The molecule has 1 aromatic heterocycles. The molecule has 2 heterocycles. The molecule has 33 heavy (non-hydrogen) atoms. The summed E-state index contributed by atoms with van der Waals surface area (Å²) in [5.41, 5.74) is 6.59. The summed E-state index contributed by atoms with van der Waals surface area (Å²) in [5.74, 6) is 0.144. The summed E-state index contributed by atoms with van der Waals surface area (Å²) in [6, 6.07) is 11.6. The number of fused-ring (bicyclic) bond motifs is 1. The molecule has 4 rings (SSSR count). The molecule has 1 fully saturated rings. The van der Waals surface area contributed by atoms with E-state index in [1.165, 1.54) is 0 Å². The predicted molar refractivity (Wildman–Crippen MR) is 126 cm³/mol. The topological polar surface area (TPSA) is 113 Å². The van der Waals surface area contributed by atoms with E-state index < -0.39 is 23.4 Å². The molecule has 1 aliphatic rings. The van der Waals surface area contributed by atoms with Gasteiger partial charge in [0, 0.05) is 35.7 Å². The van der Waals surface area contributed by atoms with E-state index in [-0.39, 0.29) is 11.8 Å². The van der Waals surface area contributed by atoms with Gasteiger partial charge in [0.1, 0.15) is 17.0 Å². The number of ether oxygens (including phenoxy) is 3. The number of carbonyl (C=O) groups excluding carboxylic acids is 1. The van der Waals surface area contributed by atoms with Crippen LogP contribution in [-0.4, -0.2) is 31.0 Å². The maximum absolute atomic E-state index is 12.6. The summed E-state index contributed by atoms with van der Waals surface area (Å²) < 4.78 is 23.3. The zero-order valence-corrected chi connectivity index (χ0v) is 19.1. The fourth-order valence-corrected chi connectivity index (χ4v) is 4.08. The molecule has 2 unspecified atom stereocenters. The van der Waals surface area contributed by atoms with Gasteiger partial charge in [0.2, 0.25) is 6.29 Å². The van der Waals surface area contributed by atoms with Gasteiger partial charge in [-0.3, -0.25) is 4.79 Å². The highest BCUT2D eigenvalue weighted by Gasteiger charge is 2.39. The average molecular weight is 453 g/mol. The van der Waals surface area contributed by atoms with Crippen LogP contribution in [0.15, 0.2) is 51.7 Å². The Balaban J connectivity index is 1.55. The highest BCUT2D eigenvalue weighted by Crippen LogP contribution is 2.34. The number of nitrogen functional groups attached to an aromatic ring is 1. The lowest BCUT2D eigenvalue weighted by molar-refractivity contribution is -0.233. The van der Waals surface area contributed by atoms with E-state index in [4.69, 9.17) is 24.4 Å². The quantitative estimate of drug-likeness (QED) is 0.440. The first-order valence-corrected chi connectivity index (χ1v) is 10.8. The Bertz CT molecular complexity index is 1230. The van der Waals surface area contributed by atoms with Crippen LogP contribution >= 0.6 is 0 Å². The lowest BCUT2D eigenvalue weighted by Gasteiger charge is -2.41. The van der Waals surface area contributed by atoms with Crippen LogP contribution in [0.4, 0.5) is 11.4 Å². The molecule has 0 aliphatic carbocycles. The van der Waals surface area contributed by atoms with Crippen molar-refractivity contribution in [2.24, 2.45) is 0 Å². The number of aryl methyl sites for hydroxylation is 1. The van der Waals surface area contributed by atoms with Crippen molar-refractivity contribution in [3.63, 3.8) is 0 Å². The summed E-state index contributed by atoms with van der Waals surface area (Å²) in [5, 5.41) is 3.27. The van der Waals surface area contributed by atoms with E-state index in [1.807, 2.05) is 26.8 Å². The molecule has 174 valence electrons. The number of rotatable bonds is 5. The number of nitrogens with two attached hydrogens (primary N) is 1. The lowest BCUT2D eigenvalue weighted by atomic mass is 9.94.